The van der Waals surface area contributed by atoms with Crippen molar-refractivity contribution in [3.8, 4) is 0 Å². The molecular formula is C31H46F2N6O. The van der Waals surface area contributed by atoms with Crippen LogP contribution in [0.5, 0.6) is 0 Å². The number of hydrogen-bond donors (Lipinski definition) is 3. The summed E-state index contributed by atoms with van der Waals surface area (Å²) >= 11 is 0. The van der Waals surface area contributed by atoms with Crippen molar-refractivity contribution in [2.75, 3.05) is 45.8 Å². The number of halogens is 2. The highest BCUT2D eigenvalue weighted by Crippen LogP contribution is 2.36. The molecule has 4 N–H and O–H groups in total. The van der Waals surface area contributed by atoms with E-state index in [1.807, 2.05) is 48.7 Å². The second kappa shape index (κ2) is 15.5. The molecular weight excluding hydrogens is 510 g/mol. The number of carbonyl (C=O) groups excluding carboxylic acids is 1. The van der Waals surface area contributed by atoms with E-state index in [9.17, 15) is 13.6 Å². The van der Waals surface area contributed by atoms with Crippen LogP contribution in [0.15, 0.2) is 54.7 Å². The van der Waals surface area contributed by atoms with Crippen LogP contribution in [0.3, 0.4) is 0 Å². The number of alkyl halides is 2. The second-order valence-corrected chi connectivity index (χ2v) is 11.4. The van der Waals surface area contributed by atoms with Gasteiger partial charge in [-0.25, -0.2) is 8.78 Å². The number of unbranched alkanes of at least 4 members (excludes halogenated alkanes) is 1. The molecule has 2 heterocycles. The van der Waals surface area contributed by atoms with Gasteiger partial charge in [-0.05, 0) is 62.9 Å². The molecule has 1 saturated carbocycles. The molecule has 9 heteroatoms. The van der Waals surface area contributed by atoms with E-state index in [-0.39, 0.29) is 43.6 Å². The van der Waals surface area contributed by atoms with Gasteiger partial charge in [0.15, 0.2) is 0 Å². The Labute approximate surface area is 237 Å². The summed E-state index contributed by atoms with van der Waals surface area (Å²) < 4.78 is 27.3. The summed E-state index contributed by atoms with van der Waals surface area (Å²) in [7, 11) is 0. The molecule has 1 aromatic carbocycles. The monoisotopic (exact) mass is 556 g/mol. The maximum Gasteiger partial charge on any atom is 0.248 e. The SMILES string of the molecule is NCCCCN(Cc1ccccn1)C[C@H]1CN(CC[C@H](NC(=O)C2CCC(F)(F)CC2)c2ccccc2)CCN1. The summed E-state index contributed by atoms with van der Waals surface area (Å²) in [6.07, 6.45) is 4.80. The molecule has 0 unspecified atom stereocenters. The molecule has 2 atom stereocenters. The Morgan fingerprint density at radius 1 is 1.15 bits per heavy atom. The lowest BCUT2D eigenvalue weighted by Crippen LogP contribution is -2.55. The van der Waals surface area contributed by atoms with Crippen molar-refractivity contribution in [3.63, 3.8) is 0 Å². The first-order valence-corrected chi connectivity index (χ1v) is 14.9. The fraction of sp³-hybridized carbons (Fsp3) is 0.613. The minimum absolute atomic E-state index is 0.0924. The summed E-state index contributed by atoms with van der Waals surface area (Å²) in [4.78, 5) is 22.6. The fourth-order valence-electron chi connectivity index (χ4n) is 5.88. The number of rotatable bonds is 14. The summed E-state index contributed by atoms with van der Waals surface area (Å²) in [6, 6.07) is 16.3. The first kappa shape index (κ1) is 30.5. The molecule has 2 aliphatic rings. The van der Waals surface area contributed by atoms with Crippen LogP contribution in [0.2, 0.25) is 0 Å². The van der Waals surface area contributed by atoms with Gasteiger partial charge in [-0.1, -0.05) is 36.4 Å². The van der Waals surface area contributed by atoms with Crippen molar-refractivity contribution in [2.24, 2.45) is 11.7 Å². The first-order valence-electron chi connectivity index (χ1n) is 14.9. The zero-order valence-corrected chi connectivity index (χ0v) is 23.6. The van der Waals surface area contributed by atoms with Gasteiger partial charge in [0.2, 0.25) is 11.8 Å². The van der Waals surface area contributed by atoms with Gasteiger partial charge in [0, 0.05) is 70.3 Å². The quantitative estimate of drug-likeness (QED) is 0.306. The summed E-state index contributed by atoms with van der Waals surface area (Å²) in [5.74, 6) is -3.06. The number of hydrogen-bond acceptors (Lipinski definition) is 6. The minimum Gasteiger partial charge on any atom is -0.349 e. The number of piperazine rings is 1. The lowest BCUT2D eigenvalue weighted by molar-refractivity contribution is -0.130. The standard InChI is InChI=1S/C31H46F2N6O/c32-31(33)14-11-26(12-15-31)30(40)37-29(25-8-2-1-3-9-25)13-20-38-21-18-36-28(23-38)24-39(19-7-5-16-34)22-27-10-4-6-17-35-27/h1-4,6,8-10,17,26,28-29,36H,5,7,11-16,18-24,34H2,(H,37,40)/t28-,29+/m1/s1. The Bertz CT molecular complexity index is 1000. The van der Waals surface area contributed by atoms with Crippen molar-refractivity contribution in [3.05, 3.63) is 66.0 Å². The zero-order valence-electron chi connectivity index (χ0n) is 23.6. The first-order chi connectivity index (χ1) is 19.4. The minimum atomic E-state index is -2.63. The Hall–Kier alpha value is -2.46. The number of amides is 1. The van der Waals surface area contributed by atoms with Crippen molar-refractivity contribution >= 4 is 5.91 Å². The smallest absolute Gasteiger partial charge is 0.248 e. The van der Waals surface area contributed by atoms with E-state index < -0.39 is 5.92 Å². The molecule has 0 spiro atoms. The number of pyridine rings is 1. The Kier molecular flexibility index (Phi) is 11.8. The van der Waals surface area contributed by atoms with E-state index in [2.05, 4.69) is 31.5 Å². The highest BCUT2D eigenvalue weighted by atomic mass is 19.3. The summed E-state index contributed by atoms with van der Waals surface area (Å²) in [6.45, 7) is 7.11. The van der Waals surface area contributed by atoms with Gasteiger partial charge in [-0.2, -0.15) is 0 Å². The molecule has 0 radical (unpaired) electrons. The second-order valence-electron chi connectivity index (χ2n) is 11.4. The number of aromatic nitrogens is 1. The van der Waals surface area contributed by atoms with E-state index in [1.54, 1.807) is 0 Å². The van der Waals surface area contributed by atoms with Crippen LogP contribution in [0, 0.1) is 5.92 Å². The Morgan fingerprint density at radius 2 is 1.93 bits per heavy atom. The van der Waals surface area contributed by atoms with Gasteiger partial charge in [0.05, 0.1) is 11.7 Å². The summed E-state index contributed by atoms with van der Waals surface area (Å²) in [5, 5.41) is 6.92. The lowest BCUT2D eigenvalue weighted by Gasteiger charge is -2.37. The largest absolute Gasteiger partial charge is 0.349 e. The maximum absolute atomic E-state index is 13.6. The van der Waals surface area contributed by atoms with Crippen LogP contribution >= 0.6 is 0 Å². The third-order valence-electron chi connectivity index (χ3n) is 8.20. The molecule has 1 saturated heterocycles. The van der Waals surface area contributed by atoms with E-state index in [0.717, 1.165) is 76.3 Å². The highest BCUT2D eigenvalue weighted by Gasteiger charge is 2.38. The molecule has 40 heavy (non-hydrogen) atoms. The normalized spacial score (nSPS) is 20.9. The molecule has 1 aliphatic heterocycles. The van der Waals surface area contributed by atoms with Gasteiger partial charge in [0.1, 0.15) is 0 Å². The van der Waals surface area contributed by atoms with Gasteiger partial charge in [0.25, 0.3) is 0 Å². The van der Waals surface area contributed by atoms with Crippen molar-refractivity contribution < 1.29 is 13.6 Å². The fourth-order valence-corrected chi connectivity index (χ4v) is 5.88. The van der Waals surface area contributed by atoms with Crippen LogP contribution < -0.4 is 16.4 Å². The molecule has 220 valence electrons. The highest BCUT2D eigenvalue weighted by molar-refractivity contribution is 5.79. The average molecular weight is 557 g/mol. The molecule has 7 nitrogen and oxygen atoms in total. The molecule has 4 rings (SSSR count). The van der Waals surface area contributed by atoms with Crippen molar-refractivity contribution in [1.29, 1.82) is 0 Å². The van der Waals surface area contributed by atoms with Crippen molar-refractivity contribution in [1.82, 2.24) is 25.4 Å². The van der Waals surface area contributed by atoms with Crippen LogP contribution in [-0.2, 0) is 11.3 Å². The lowest BCUT2D eigenvalue weighted by atomic mass is 9.86. The van der Waals surface area contributed by atoms with Gasteiger partial charge in [-0.15, -0.1) is 0 Å². The predicted octanol–water partition coefficient (Wildman–Crippen LogP) is 3.97. The van der Waals surface area contributed by atoms with Crippen molar-refractivity contribution in [2.45, 2.75) is 69.5 Å². The third-order valence-corrected chi connectivity index (χ3v) is 8.20. The molecule has 1 aliphatic carbocycles. The van der Waals surface area contributed by atoms with Crippen LogP contribution in [0.4, 0.5) is 8.78 Å². The van der Waals surface area contributed by atoms with Gasteiger partial charge < -0.3 is 21.3 Å². The maximum atomic E-state index is 13.6. The third kappa shape index (κ3) is 9.87. The van der Waals surface area contributed by atoms with Crippen LogP contribution in [0.25, 0.3) is 0 Å². The number of carbonyl (C=O) groups is 1. The number of nitrogens with zero attached hydrogens (tertiary/aromatic N) is 3. The van der Waals surface area contributed by atoms with E-state index >= 15 is 0 Å². The van der Waals surface area contributed by atoms with Gasteiger partial charge >= 0.3 is 0 Å². The number of nitrogens with two attached hydrogens (primary N) is 1. The number of benzene rings is 1. The van der Waals surface area contributed by atoms with Crippen LogP contribution in [0.1, 0.15) is 62.2 Å². The van der Waals surface area contributed by atoms with E-state index in [0.29, 0.717) is 12.6 Å². The molecule has 1 aromatic heterocycles. The van der Waals surface area contributed by atoms with Crippen LogP contribution in [-0.4, -0.2) is 78.5 Å². The molecule has 0 bridgehead atoms. The molecule has 1 amide bonds. The zero-order chi connectivity index (χ0) is 28.2. The average Bonchev–Trinajstić information content (AvgIpc) is 2.96. The molecule has 2 aromatic rings. The Morgan fingerprint density at radius 3 is 2.65 bits per heavy atom. The number of nitrogens with one attached hydrogen (secondary N) is 2. The van der Waals surface area contributed by atoms with E-state index in [1.165, 1.54) is 0 Å². The topological polar surface area (TPSA) is 86.5 Å². The Balaban J connectivity index is 1.32. The van der Waals surface area contributed by atoms with Gasteiger partial charge in [-0.3, -0.25) is 14.7 Å². The summed E-state index contributed by atoms with van der Waals surface area (Å²) in [5.41, 5.74) is 7.88. The predicted molar refractivity (Wildman–Crippen MR) is 155 cm³/mol. The van der Waals surface area contributed by atoms with E-state index in [4.69, 9.17) is 5.73 Å². The molecule has 2 fully saturated rings.